The molecule has 0 saturated carbocycles. The molecule has 0 aliphatic rings. The summed E-state index contributed by atoms with van der Waals surface area (Å²) in [4.78, 5) is 12.0. The van der Waals surface area contributed by atoms with E-state index in [4.69, 9.17) is 10.5 Å². The van der Waals surface area contributed by atoms with Gasteiger partial charge in [-0.1, -0.05) is 0 Å². The van der Waals surface area contributed by atoms with Gasteiger partial charge in [0.1, 0.15) is 5.82 Å². The Balaban J connectivity index is 2.17. The molecule has 2 N–H and O–H groups in total. The topological polar surface area (TPSA) is 64.3 Å². The highest BCUT2D eigenvalue weighted by Crippen LogP contribution is 2.25. The molecular formula is C14H20N4OS. The van der Waals surface area contributed by atoms with Gasteiger partial charge in [0, 0.05) is 11.9 Å². The fourth-order valence-corrected chi connectivity index (χ4v) is 2.58. The second kappa shape index (κ2) is 6.09. The monoisotopic (exact) mass is 292 g/mol. The van der Waals surface area contributed by atoms with Crippen molar-refractivity contribution in [3.8, 4) is 5.88 Å². The summed E-state index contributed by atoms with van der Waals surface area (Å²) in [7, 11) is 2.00. The summed E-state index contributed by atoms with van der Waals surface area (Å²) < 4.78 is 5.62. The molecule has 0 atom stereocenters. The van der Waals surface area contributed by atoms with Crippen molar-refractivity contribution >= 4 is 22.8 Å². The minimum absolute atomic E-state index is 0.0501. The van der Waals surface area contributed by atoms with Crippen molar-refractivity contribution in [3.63, 3.8) is 0 Å². The van der Waals surface area contributed by atoms with Crippen LogP contribution in [0, 0.1) is 6.92 Å². The summed E-state index contributed by atoms with van der Waals surface area (Å²) in [5.74, 6) is 1.33. The smallest absolute Gasteiger partial charge is 0.239 e. The highest BCUT2D eigenvalue weighted by molar-refractivity contribution is 7.09. The second-order valence-electron chi connectivity index (χ2n) is 4.95. The van der Waals surface area contributed by atoms with Crippen LogP contribution in [-0.4, -0.2) is 23.1 Å². The number of aromatic nitrogens is 2. The molecule has 0 aliphatic carbocycles. The Hall–Kier alpha value is -1.82. The van der Waals surface area contributed by atoms with E-state index >= 15 is 0 Å². The number of hydrogen-bond donors (Lipinski definition) is 1. The van der Waals surface area contributed by atoms with Crippen LogP contribution in [0.4, 0.5) is 11.5 Å². The molecule has 108 valence electrons. The first-order valence-corrected chi connectivity index (χ1v) is 7.38. The van der Waals surface area contributed by atoms with Crippen molar-refractivity contribution in [1.29, 1.82) is 0 Å². The molecule has 2 aromatic rings. The number of nitrogens with zero attached hydrogens (tertiary/aromatic N) is 3. The van der Waals surface area contributed by atoms with Crippen molar-refractivity contribution in [1.82, 2.24) is 9.97 Å². The lowest BCUT2D eigenvalue weighted by molar-refractivity contribution is 0.234. The number of ether oxygens (including phenoxy) is 1. The van der Waals surface area contributed by atoms with Gasteiger partial charge >= 0.3 is 0 Å². The number of aryl methyl sites for hydroxylation is 1. The molecule has 20 heavy (non-hydrogen) atoms. The van der Waals surface area contributed by atoms with Crippen molar-refractivity contribution in [2.75, 3.05) is 17.7 Å². The van der Waals surface area contributed by atoms with E-state index in [1.54, 1.807) is 11.3 Å². The summed E-state index contributed by atoms with van der Waals surface area (Å²) in [6.07, 6.45) is 0.0501. The fraction of sp³-hybridized carbons (Fsp3) is 0.429. The van der Waals surface area contributed by atoms with Gasteiger partial charge in [0.2, 0.25) is 5.88 Å². The summed E-state index contributed by atoms with van der Waals surface area (Å²) in [5.41, 5.74) is 9.37. The van der Waals surface area contributed by atoms with Gasteiger partial charge in [-0.2, -0.15) is 4.98 Å². The van der Waals surface area contributed by atoms with Crippen LogP contribution in [0.15, 0.2) is 17.6 Å². The average Bonchev–Trinajstić information content (AvgIpc) is 2.77. The first-order valence-electron chi connectivity index (χ1n) is 6.50. The predicted molar refractivity (Wildman–Crippen MR) is 83.4 cm³/mol. The Bertz CT molecular complexity index is 582. The van der Waals surface area contributed by atoms with Gasteiger partial charge in [0.25, 0.3) is 0 Å². The van der Waals surface area contributed by atoms with Crippen LogP contribution in [0.2, 0.25) is 0 Å². The number of thiazole rings is 1. The molecule has 0 saturated heterocycles. The van der Waals surface area contributed by atoms with Crippen LogP contribution in [0.1, 0.15) is 24.4 Å². The van der Waals surface area contributed by atoms with Crippen molar-refractivity contribution in [3.05, 3.63) is 28.2 Å². The molecule has 0 radical (unpaired) electrons. The molecule has 0 aliphatic heterocycles. The normalized spacial score (nSPS) is 10.8. The zero-order chi connectivity index (χ0) is 14.7. The van der Waals surface area contributed by atoms with Crippen LogP contribution >= 0.6 is 11.3 Å². The number of anilines is 2. The van der Waals surface area contributed by atoms with Gasteiger partial charge in [-0.05, 0) is 32.9 Å². The maximum atomic E-state index is 5.88. The highest BCUT2D eigenvalue weighted by Gasteiger charge is 2.11. The van der Waals surface area contributed by atoms with Crippen LogP contribution in [0.25, 0.3) is 0 Å². The predicted octanol–water partition coefficient (Wildman–Crippen LogP) is 2.85. The van der Waals surface area contributed by atoms with E-state index in [2.05, 4.69) is 14.9 Å². The summed E-state index contributed by atoms with van der Waals surface area (Å²) in [5, 5.41) is 0. The lowest BCUT2D eigenvalue weighted by atomic mass is 10.3. The van der Waals surface area contributed by atoms with Crippen molar-refractivity contribution < 1.29 is 4.74 Å². The Morgan fingerprint density at radius 2 is 2.15 bits per heavy atom. The van der Waals surface area contributed by atoms with E-state index in [1.807, 2.05) is 45.5 Å². The molecule has 0 unspecified atom stereocenters. The Morgan fingerprint density at radius 1 is 1.40 bits per heavy atom. The van der Waals surface area contributed by atoms with Gasteiger partial charge in [0.15, 0.2) is 0 Å². The quantitative estimate of drug-likeness (QED) is 0.918. The second-order valence-corrected chi connectivity index (χ2v) is 5.89. The van der Waals surface area contributed by atoms with Gasteiger partial charge < -0.3 is 15.4 Å². The SMILES string of the molecule is Cc1ncsc1CN(C)c1ccc(N)c(OC(C)C)n1. The molecule has 0 fully saturated rings. The van der Waals surface area contributed by atoms with Crippen LogP contribution in [0.5, 0.6) is 5.88 Å². The van der Waals surface area contributed by atoms with Gasteiger partial charge in [-0.25, -0.2) is 4.98 Å². The lowest BCUT2D eigenvalue weighted by Crippen LogP contribution is -2.18. The van der Waals surface area contributed by atoms with E-state index in [-0.39, 0.29) is 6.10 Å². The van der Waals surface area contributed by atoms with E-state index < -0.39 is 0 Å². The van der Waals surface area contributed by atoms with E-state index in [1.165, 1.54) is 4.88 Å². The van der Waals surface area contributed by atoms with E-state index in [0.29, 0.717) is 11.6 Å². The van der Waals surface area contributed by atoms with Crippen molar-refractivity contribution in [2.45, 2.75) is 33.4 Å². The third-order valence-corrected chi connectivity index (χ3v) is 3.76. The lowest BCUT2D eigenvalue weighted by Gasteiger charge is -2.19. The van der Waals surface area contributed by atoms with Gasteiger partial charge in [0.05, 0.1) is 29.5 Å². The molecule has 2 aromatic heterocycles. The largest absolute Gasteiger partial charge is 0.473 e. The minimum atomic E-state index is 0.0501. The molecule has 5 nitrogen and oxygen atoms in total. The summed E-state index contributed by atoms with van der Waals surface area (Å²) >= 11 is 1.65. The molecular weight excluding hydrogens is 272 g/mol. The summed E-state index contributed by atoms with van der Waals surface area (Å²) in [6.45, 7) is 6.70. The maximum absolute atomic E-state index is 5.88. The molecule has 0 aromatic carbocycles. The Kier molecular flexibility index (Phi) is 4.44. The first kappa shape index (κ1) is 14.6. The molecule has 2 heterocycles. The molecule has 0 bridgehead atoms. The molecule has 6 heteroatoms. The molecule has 0 spiro atoms. The third-order valence-electron chi connectivity index (χ3n) is 2.84. The first-order chi connectivity index (χ1) is 9.47. The number of nitrogens with two attached hydrogens (primary N) is 1. The van der Waals surface area contributed by atoms with Crippen LogP contribution in [-0.2, 0) is 6.54 Å². The van der Waals surface area contributed by atoms with E-state index in [0.717, 1.165) is 18.1 Å². The summed E-state index contributed by atoms with van der Waals surface area (Å²) in [6, 6.07) is 3.73. The third kappa shape index (κ3) is 3.39. The number of nitrogen functional groups attached to an aromatic ring is 1. The number of hydrogen-bond acceptors (Lipinski definition) is 6. The molecule has 0 amide bonds. The van der Waals surface area contributed by atoms with Crippen LogP contribution < -0.4 is 15.4 Å². The van der Waals surface area contributed by atoms with Gasteiger partial charge in [-0.3, -0.25) is 0 Å². The number of rotatable bonds is 5. The highest BCUT2D eigenvalue weighted by atomic mass is 32.1. The fourth-order valence-electron chi connectivity index (χ4n) is 1.75. The Labute approximate surface area is 123 Å². The average molecular weight is 292 g/mol. The Morgan fingerprint density at radius 3 is 2.75 bits per heavy atom. The standard InChI is InChI=1S/C14H20N4OS/c1-9(2)19-14-11(15)5-6-13(17-14)18(4)7-12-10(3)16-8-20-12/h5-6,8-9H,7,15H2,1-4H3. The minimum Gasteiger partial charge on any atom is -0.473 e. The molecule has 2 rings (SSSR count). The van der Waals surface area contributed by atoms with E-state index in [9.17, 15) is 0 Å². The van der Waals surface area contributed by atoms with Crippen LogP contribution in [0.3, 0.4) is 0 Å². The van der Waals surface area contributed by atoms with Gasteiger partial charge in [-0.15, -0.1) is 11.3 Å². The number of pyridine rings is 1. The zero-order valence-corrected chi connectivity index (χ0v) is 13.1. The maximum Gasteiger partial charge on any atom is 0.239 e. The zero-order valence-electron chi connectivity index (χ0n) is 12.3. The van der Waals surface area contributed by atoms with Crippen molar-refractivity contribution in [2.24, 2.45) is 0 Å².